The zero-order chi connectivity index (χ0) is 22.9. The minimum Gasteiger partial charge on any atom is -0.492 e. The summed E-state index contributed by atoms with van der Waals surface area (Å²) in [6.07, 6.45) is 2.90. The van der Waals surface area contributed by atoms with Crippen molar-refractivity contribution in [2.75, 3.05) is 19.7 Å². The Morgan fingerprint density at radius 1 is 1.00 bits per heavy atom. The van der Waals surface area contributed by atoms with Gasteiger partial charge in [0.05, 0.1) is 16.8 Å². The van der Waals surface area contributed by atoms with Crippen molar-refractivity contribution in [3.8, 4) is 17.0 Å². The summed E-state index contributed by atoms with van der Waals surface area (Å²) in [6.45, 7) is 1.55. The van der Waals surface area contributed by atoms with E-state index in [1.54, 1.807) is 29.7 Å². The van der Waals surface area contributed by atoms with Crippen molar-refractivity contribution in [1.29, 1.82) is 0 Å². The summed E-state index contributed by atoms with van der Waals surface area (Å²) >= 11 is 7.48. The fourth-order valence-corrected chi connectivity index (χ4v) is 4.28. The number of rotatable bonds is 11. The molecule has 2 aromatic heterocycles. The SMILES string of the molecule is O[C@@H](CNCCOc1ccc(-c2csc(CCc3ccccc3)n2)cc1)c1ccc(Cl)nc1. The molecule has 0 radical (unpaired) electrons. The van der Waals surface area contributed by atoms with E-state index in [0.717, 1.165) is 40.4 Å². The molecule has 0 unspecified atom stereocenters. The molecule has 1 atom stereocenters. The lowest BCUT2D eigenvalue weighted by Gasteiger charge is -2.12. The van der Waals surface area contributed by atoms with Crippen LogP contribution in [0.5, 0.6) is 5.75 Å². The Labute approximate surface area is 203 Å². The maximum Gasteiger partial charge on any atom is 0.129 e. The molecule has 2 aromatic carbocycles. The molecule has 4 rings (SSSR count). The molecule has 7 heteroatoms. The zero-order valence-corrected chi connectivity index (χ0v) is 19.7. The first kappa shape index (κ1) is 23.4. The van der Waals surface area contributed by atoms with Gasteiger partial charge in [0.2, 0.25) is 0 Å². The van der Waals surface area contributed by atoms with Crippen LogP contribution in [0.3, 0.4) is 0 Å². The smallest absolute Gasteiger partial charge is 0.129 e. The minimum atomic E-state index is -0.634. The number of aliphatic hydroxyl groups excluding tert-OH is 1. The molecule has 0 aliphatic rings. The van der Waals surface area contributed by atoms with Gasteiger partial charge in [-0.05, 0) is 42.3 Å². The van der Waals surface area contributed by atoms with Gasteiger partial charge in [0.1, 0.15) is 17.5 Å². The summed E-state index contributed by atoms with van der Waals surface area (Å²) in [5.41, 5.74) is 4.15. The first-order chi connectivity index (χ1) is 16.2. The molecule has 2 heterocycles. The van der Waals surface area contributed by atoms with Crippen molar-refractivity contribution in [2.45, 2.75) is 18.9 Å². The third kappa shape index (κ3) is 7.11. The molecule has 0 bridgehead atoms. The highest BCUT2D eigenvalue weighted by atomic mass is 35.5. The Bertz CT molecular complexity index is 1120. The van der Waals surface area contributed by atoms with Gasteiger partial charge in [-0.1, -0.05) is 48.0 Å². The number of halogens is 1. The van der Waals surface area contributed by atoms with Crippen LogP contribution in [-0.4, -0.2) is 34.8 Å². The standard InChI is InChI=1S/C26H26ClN3O2S/c27-25-12-9-21(16-29-25)24(31)17-28-14-15-32-22-10-7-20(8-11-22)23-18-33-26(30-23)13-6-19-4-2-1-3-5-19/h1-5,7-12,16,18,24,28,31H,6,13-15,17H2/t24-/m0/s1. The van der Waals surface area contributed by atoms with Crippen LogP contribution < -0.4 is 10.1 Å². The topological polar surface area (TPSA) is 67.3 Å². The van der Waals surface area contributed by atoms with E-state index in [1.807, 2.05) is 30.3 Å². The second kappa shape index (κ2) is 11.9. The lowest BCUT2D eigenvalue weighted by molar-refractivity contribution is 0.171. The van der Waals surface area contributed by atoms with Crippen LogP contribution in [0.2, 0.25) is 5.15 Å². The lowest BCUT2D eigenvalue weighted by Crippen LogP contribution is -2.26. The van der Waals surface area contributed by atoms with Crippen molar-refractivity contribution in [2.24, 2.45) is 0 Å². The number of aryl methyl sites for hydroxylation is 2. The molecule has 170 valence electrons. The number of nitrogens with zero attached hydrogens (tertiary/aromatic N) is 2. The maximum atomic E-state index is 10.2. The van der Waals surface area contributed by atoms with E-state index >= 15 is 0 Å². The summed E-state index contributed by atoms with van der Waals surface area (Å²) < 4.78 is 5.80. The summed E-state index contributed by atoms with van der Waals surface area (Å²) in [4.78, 5) is 8.78. The van der Waals surface area contributed by atoms with E-state index in [-0.39, 0.29) is 0 Å². The average Bonchev–Trinajstić information content (AvgIpc) is 3.33. The number of ether oxygens (including phenoxy) is 1. The number of hydrogen-bond donors (Lipinski definition) is 2. The van der Waals surface area contributed by atoms with E-state index in [9.17, 15) is 5.11 Å². The van der Waals surface area contributed by atoms with Crippen LogP contribution >= 0.6 is 22.9 Å². The first-order valence-electron chi connectivity index (χ1n) is 10.9. The largest absolute Gasteiger partial charge is 0.492 e. The summed E-state index contributed by atoms with van der Waals surface area (Å²) in [5, 5.41) is 17.0. The second-order valence-electron chi connectivity index (χ2n) is 7.62. The lowest BCUT2D eigenvalue weighted by atomic mass is 10.1. The van der Waals surface area contributed by atoms with Crippen molar-refractivity contribution in [3.05, 3.63) is 99.6 Å². The second-order valence-corrected chi connectivity index (χ2v) is 8.95. The molecule has 2 N–H and O–H groups in total. The van der Waals surface area contributed by atoms with Crippen molar-refractivity contribution >= 4 is 22.9 Å². The number of aromatic nitrogens is 2. The molecule has 5 nitrogen and oxygen atoms in total. The van der Waals surface area contributed by atoms with Crippen LogP contribution in [0, 0.1) is 0 Å². The highest BCUT2D eigenvalue weighted by Gasteiger charge is 2.08. The monoisotopic (exact) mass is 479 g/mol. The van der Waals surface area contributed by atoms with Crippen LogP contribution in [0.4, 0.5) is 0 Å². The molecular weight excluding hydrogens is 454 g/mol. The number of benzene rings is 2. The van der Waals surface area contributed by atoms with Gasteiger partial charge in [-0.25, -0.2) is 9.97 Å². The molecular formula is C26H26ClN3O2S. The highest BCUT2D eigenvalue weighted by molar-refractivity contribution is 7.09. The number of aliphatic hydroxyl groups is 1. The normalized spacial score (nSPS) is 11.9. The number of hydrogen-bond acceptors (Lipinski definition) is 6. The van der Waals surface area contributed by atoms with Gasteiger partial charge >= 0.3 is 0 Å². The molecule has 33 heavy (non-hydrogen) atoms. The van der Waals surface area contributed by atoms with Gasteiger partial charge in [0.15, 0.2) is 0 Å². The Morgan fingerprint density at radius 3 is 2.58 bits per heavy atom. The number of pyridine rings is 1. The minimum absolute atomic E-state index is 0.414. The Kier molecular flexibility index (Phi) is 8.44. The van der Waals surface area contributed by atoms with Crippen LogP contribution in [-0.2, 0) is 12.8 Å². The fourth-order valence-electron chi connectivity index (χ4n) is 3.36. The Hall–Kier alpha value is -2.77. The van der Waals surface area contributed by atoms with Gasteiger partial charge in [-0.15, -0.1) is 11.3 Å². The summed E-state index contributed by atoms with van der Waals surface area (Å²) in [7, 11) is 0. The molecule has 0 spiro atoms. The molecule has 0 fully saturated rings. The maximum absolute atomic E-state index is 10.2. The van der Waals surface area contributed by atoms with E-state index in [0.29, 0.717) is 24.8 Å². The summed E-state index contributed by atoms with van der Waals surface area (Å²) in [6, 6.07) is 21.9. The van der Waals surface area contributed by atoms with E-state index in [1.165, 1.54) is 5.56 Å². The summed E-state index contributed by atoms with van der Waals surface area (Å²) in [5.74, 6) is 0.808. The van der Waals surface area contributed by atoms with Crippen LogP contribution in [0.25, 0.3) is 11.3 Å². The predicted molar refractivity (Wildman–Crippen MR) is 134 cm³/mol. The van der Waals surface area contributed by atoms with Crippen LogP contribution in [0.15, 0.2) is 78.3 Å². The van der Waals surface area contributed by atoms with Crippen molar-refractivity contribution in [3.63, 3.8) is 0 Å². The van der Waals surface area contributed by atoms with Gasteiger partial charge in [-0.3, -0.25) is 0 Å². The predicted octanol–water partition coefficient (Wildman–Crippen LogP) is 5.35. The Morgan fingerprint density at radius 2 is 1.82 bits per heavy atom. The van der Waals surface area contributed by atoms with Gasteiger partial charge in [-0.2, -0.15) is 0 Å². The van der Waals surface area contributed by atoms with Crippen LogP contribution in [0.1, 0.15) is 22.2 Å². The third-order valence-electron chi connectivity index (χ3n) is 5.19. The highest BCUT2D eigenvalue weighted by Crippen LogP contribution is 2.25. The van der Waals surface area contributed by atoms with E-state index < -0.39 is 6.10 Å². The molecule has 0 aliphatic heterocycles. The molecule has 0 aliphatic carbocycles. The quantitative estimate of drug-likeness (QED) is 0.224. The van der Waals surface area contributed by atoms with E-state index in [4.69, 9.17) is 21.3 Å². The number of thiazole rings is 1. The van der Waals surface area contributed by atoms with Crippen molar-refractivity contribution < 1.29 is 9.84 Å². The van der Waals surface area contributed by atoms with E-state index in [2.05, 4.69) is 39.9 Å². The Balaban J connectivity index is 1.19. The molecule has 0 amide bonds. The van der Waals surface area contributed by atoms with Gasteiger partial charge in [0, 0.05) is 42.2 Å². The molecule has 4 aromatic rings. The molecule has 0 saturated carbocycles. The first-order valence-corrected chi connectivity index (χ1v) is 12.1. The molecule has 0 saturated heterocycles. The zero-order valence-electron chi connectivity index (χ0n) is 18.2. The number of nitrogens with one attached hydrogen (secondary N) is 1. The third-order valence-corrected chi connectivity index (χ3v) is 6.32. The van der Waals surface area contributed by atoms with Gasteiger partial charge < -0.3 is 15.2 Å². The average molecular weight is 480 g/mol. The fraction of sp³-hybridized carbons (Fsp3) is 0.231. The van der Waals surface area contributed by atoms with Crippen molar-refractivity contribution in [1.82, 2.24) is 15.3 Å². The van der Waals surface area contributed by atoms with Gasteiger partial charge in [0.25, 0.3) is 0 Å².